The van der Waals surface area contributed by atoms with Crippen LogP contribution in [0.3, 0.4) is 0 Å². The third-order valence-corrected chi connectivity index (χ3v) is 5.29. The van der Waals surface area contributed by atoms with E-state index in [4.69, 9.17) is 4.74 Å². The molecule has 3 rings (SSSR count). The Hall–Kier alpha value is -3.40. The summed E-state index contributed by atoms with van der Waals surface area (Å²) >= 11 is 0. The van der Waals surface area contributed by atoms with E-state index in [1.807, 2.05) is 0 Å². The number of benzene rings is 2. The summed E-state index contributed by atoms with van der Waals surface area (Å²) in [4.78, 5) is 21.0. The van der Waals surface area contributed by atoms with E-state index in [0.29, 0.717) is 0 Å². The Labute approximate surface area is 147 Å². The van der Waals surface area contributed by atoms with Crippen molar-refractivity contribution in [2.45, 2.75) is 11.8 Å². The summed E-state index contributed by atoms with van der Waals surface area (Å²) in [6, 6.07) is 8.31. The number of ether oxygens (including phenoxy) is 1. The minimum absolute atomic E-state index is 0.0126. The first-order valence-corrected chi connectivity index (χ1v) is 8.66. The van der Waals surface area contributed by atoms with Crippen LogP contribution >= 0.6 is 0 Å². The molecule has 26 heavy (non-hydrogen) atoms. The number of phenolic OH excluding ortho intramolecular Hbond substituents is 1. The lowest BCUT2D eigenvalue weighted by molar-refractivity contribution is -0.384. The number of rotatable bonds is 4. The highest BCUT2D eigenvalue weighted by Crippen LogP contribution is 2.33. The SMILES string of the molecule is CC(=O)Oc1cc(O)c2ccn(S(=O)(=O)c3ccc([N+](=O)[O-])cc3)c2c1. The number of nitrogens with zero attached hydrogens (tertiary/aromatic N) is 2. The average molecular weight is 376 g/mol. The van der Waals surface area contributed by atoms with Crippen LogP contribution in [0.1, 0.15) is 6.92 Å². The molecule has 0 unspecified atom stereocenters. The molecule has 3 aromatic rings. The van der Waals surface area contributed by atoms with Crippen molar-refractivity contribution in [2.75, 3.05) is 0 Å². The molecule has 1 heterocycles. The fourth-order valence-electron chi connectivity index (χ4n) is 2.46. The molecule has 0 radical (unpaired) electrons. The van der Waals surface area contributed by atoms with Crippen LogP contribution in [0, 0.1) is 10.1 Å². The number of fused-ring (bicyclic) bond motifs is 1. The number of nitro benzene ring substituents is 1. The predicted molar refractivity (Wildman–Crippen MR) is 90.6 cm³/mol. The topological polar surface area (TPSA) is 129 Å². The van der Waals surface area contributed by atoms with Gasteiger partial charge in [-0.25, -0.2) is 12.4 Å². The highest BCUT2D eigenvalue weighted by molar-refractivity contribution is 7.90. The van der Waals surface area contributed by atoms with Gasteiger partial charge in [-0.1, -0.05) is 0 Å². The van der Waals surface area contributed by atoms with Crippen molar-refractivity contribution >= 4 is 32.6 Å². The molecule has 1 aromatic heterocycles. The highest BCUT2D eigenvalue weighted by Gasteiger charge is 2.21. The number of esters is 1. The molecule has 9 nitrogen and oxygen atoms in total. The van der Waals surface area contributed by atoms with E-state index in [9.17, 15) is 28.4 Å². The van der Waals surface area contributed by atoms with Crippen molar-refractivity contribution in [1.29, 1.82) is 0 Å². The summed E-state index contributed by atoms with van der Waals surface area (Å²) in [7, 11) is -4.08. The summed E-state index contributed by atoms with van der Waals surface area (Å²) in [5.41, 5.74) is -0.143. The van der Waals surface area contributed by atoms with Crippen LogP contribution in [0.5, 0.6) is 11.5 Å². The molecule has 0 bridgehead atoms. The zero-order valence-electron chi connectivity index (χ0n) is 13.3. The molecule has 0 spiro atoms. The minimum Gasteiger partial charge on any atom is -0.507 e. The third kappa shape index (κ3) is 2.97. The normalized spacial score (nSPS) is 11.4. The summed E-state index contributed by atoms with van der Waals surface area (Å²) in [5, 5.41) is 21.0. The quantitative estimate of drug-likeness (QED) is 0.320. The number of hydrogen-bond acceptors (Lipinski definition) is 7. The van der Waals surface area contributed by atoms with E-state index in [-0.39, 0.29) is 33.0 Å². The lowest BCUT2D eigenvalue weighted by Gasteiger charge is -2.09. The smallest absolute Gasteiger partial charge is 0.308 e. The number of aromatic hydroxyl groups is 1. The molecule has 0 atom stereocenters. The van der Waals surface area contributed by atoms with Gasteiger partial charge in [0.15, 0.2) is 0 Å². The third-order valence-electron chi connectivity index (χ3n) is 3.59. The van der Waals surface area contributed by atoms with Gasteiger partial charge in [0, 0.05) is 42.8 Å². The molecule has 0 fully saturated rings. The molecule has 0 aliphatic carbocycles. The molecule has 0 saturated carbocycles. The van der Waals surface area contributed by atoms with Crippen LogP contribution in [-0.4, -0.2) is 28.4 Å². The zero-order chi connectivity index (χ0) is 19.1. The molecular weight excluding hydrogens is 364 g/mol. The number of hydrogen-bond donors (Lipinski definition) is 1. The molecule has 0 aliphatic rings. The summed E-state index contributed by atoms with van der Waals surface area (Å²) in [6.45, 7) is 1.17. The van der Waals surface area contributed by atoms with Gasteiger partial charge in [-0.3, -0.25) is 14.9 Å². The van der Waals surface area contributed by atoms with E-state index < -0.39 is 20.9 Å². The first-order chi connectivity index (χ1) is 12.2. The van der Waals surface area contributed by atoms with Gasteiger partial charge in [0.2, 0.25) is 0 Å². The molecular formula is C16H12N2O7S. The van der Waals surface area contributed by atoms with Gasteiger partial charge in [-0.05, 0) is 18.2 Å². The Morgan fingerprint density at radius 2 is 1.85 bits per heavy atom. The van der Waals surface area contributed by atoms with Crippen LogP contribution in [0.4, 0.5) is 5.69 Å². The van der Waals surface area contributed by atoms with Crippen LogP contribution in [-0.2, 0) is 14.8 Å². The molecule has 10 heteroatoms. The first-order valence-electron chi connectivity index (χ1n) is 7.22. The van der Waals surface area contributed by atoms with Gasteiger partial charge in [0.05, 0.1) is 15.3 Å². The number of carbonyl (C=O) groups excluding carboxylic acids is 1. The maximum absolute atomic E-state index is 12.8. The van der Waals surface area contributed by atoms with E-state index in [1.54, 1.807) is 0 Å². The van der Waals surface area contributed by atoms with Crippen LogP contribution < -0.4 is 4.74 Å². The fraction of sp³-hybridized carbons (Fsp3) is 0.0625. The first kappa shape index (κ1) is 17.4. The van der Waals surface area contributed by atoms with E-state index >= 15 is 0 Å². The summed E-state index contributed by atoms with van der Waals surface area (Å²) < 4.78 is 31.5. The van der Waals surface area contributed by atoms with Gasteiger partial charge >= 0.3 is 5.97 Å². The molecule has 0 aliphatic heterocycles. The predicted octanol–water partition coefficient (Wildman–Crippen LogP) is 2.42. The van der Waals surface area contributed by atoms with Crippen LogP contribution in [0.15, 0.2) is 53.6 Å². The lowest BCUT2D eigenvalue weighted by Crippen LogP contribution is -2.12. The van der Waals surface area contributed by atoms with E-state index in [1.165, 1.54) is 31.3 Å². The Morgan fingerprint density at radius 1 is 1.19 bits per heavy atom. The Kier molecular flexibility index (Phi) is 4.12. The monoisotopic (exact) mass is 376 g/mol. The van der Waals surface area contributed by atoms with Crippen LogP contribution in [0.25, 0.3) is 10.9 Å². The maximum atomic E-state index is 12.8. The zero-order valence-corrected chi connectivity index (χ0v) is 14.1. The van der Waals surface area contributed by atoms with Crippen molar-refractivity contribution in [3.63, 3.8) is 0 Å². The number of aromatic nitrogens is 1. The second-order valence-electron chi connectivity index (χ2n) is 5.34. The average Bonchev–Trinajstić information content (AvgIpc) is 2.99. The van der Waals surface area contributed by atoms with Gasteiger partial charge in [-0.15, -0.1) is 0 Å². The fourth-order valence-corrected chi connectivity index (χ4v) is 3.80. The van der Waals surface area contributed by atoms with E-state index in [0.717, 1.165) is 28.2 Å². The second kappa shape index (κ2) is 6.15. The highest BCUT2D eigenvalue weighted by atomic mass is 32.2. The minimum atomic E-state index is -4.08. The maximum Gasteiger partial charge on any atom is 0.308 e. The largest absolute Gasteiger partial charge is 0.507 e. The standard InChI is InChI=1S/C16H12N2O7S/c1-10(19)25-12-8-15-14(16(20)9-12)6-7-17(15)26(23,24)13-4-2-11(3-5-13)18(21)22/h2-9,20H,1H3. The molecule has 0 amide bonds. The lowest BCUT2D eigenvalue weighted by atomic mass is 10.2. The number of nitro groups is 1. The Bertz CT molecular complexity index is 1130. The van der Waals surface area contributed by atoms with Gasteiger partial charge in [-0.2, -0.15) is 0 Å². The number of non-ortho nitro benzene ring substituents is 1. The van der Waals surface area contributed by atoms with Crippen LogP contribution in [0.2, 0.25) is 0 Å². The van der Waals surface area contributed by atoms with Crippen molar-refractivity contribution in [2.24, 2.45) is 0 Å². The van der Waals surface area contributed by atoms with Crippen molar-refractivity contribution in [3.8, 4) is 11.5 Å². The second-order valence-corrected chi connectivity index (χ2v) is 7.15. The van der Waals surface area contributed by atoms with E-state index in [2.05, 4.69) is 0 Å². The molecule has 134 valence electrons. The van der Waals surface area contributed by atoms with Crippen molar-refractivity contribution < 1.29 is 28.0 Å². The number of carbonyl (C=O) groups is 1. The molecule has 2 aromatic carbocycles. The summed E-state index contributed by atoms with van der Waals surface area (Å²) in [6.07, 6.45) is 1.23. The molecule has 1 N–H and O–H groups in total. The van der Waals surface area contributed by atoms with Crippen molar-refractivity contribution in [1.82, 2.24) is 3.97 Å². The van der Waals surface area contributed by atoms with Gasteiger partial charge in [0.25, 0.3) is 15.7 Å². The summed E-state index contributed by atoms with van der Waals surface area (Å²) in [5.74, 6) is -0.891. The Balaban J connectivity index is 2.15. The molecule has 0 saturated heterocycles. The Morgan fingerprint density at radius 3 is 2.42 bits per heavy atom. The van der Waals surface area contributed by atoms with Gasteiger partial charge in [0.1, 0.15) is 11.5 Å². The van der Waals surface area contributed by atoms with Crippen molar-refractivity contribution in [3.05, 3.63) is 58.8 Å². The van der Waals surface area contributed by atoms with Gasteiger partial charge < -0.3 is 9.84 Å². The number of phenols is 1.